The number of aliphatic hydroxyl groups is 1. The topological polar surface area (TPSA) is 100 Å². The van der Waals surface area contributed by atoms with Gasteiger partial charge in [0.15, 0.2) is 5.13 Å². The van der Waals surface area contributed by atoms with Crippen molar-refractivity contribution in [2.75, 3.05) is 24.2 Å². The van der Waals surface area contributed by atoms with Crippen molar-refractivity contribution in [3.8, 4) is 0 Å². The van der Waals surface area contributed by atoms with E-state index in [0.717, 1.165) is 0 Å². The Hall–Kier alpha value is -1.34. The van der Waals surface area contributed by atoms with E-state index in [4.69, 9.17) is 10.8 Å². The fraction of sp³-hybridized carbons (Fsp3) is 0.667. The molecule has 1 rings (SSSR count). The number of carbonyl (C=O) groups excluding carboxylic acids is 1. The van der Waals surface area contributed by atoms with Crippen LogP contribution in [-0.4, -0.2) is 35.2 Å². The Morgan fingerprint density at radius 1 is 1.47 bits per heavy atom. The van der Waals surface area contributed by atoms with E-state index >= 15 is 0 Å². The third-order valence-electron chi connectivity index (χ3n) is 2.50. The van der Waals surface area contributed by atoms with Crippen molar-refractivity contribution < 1.29 is 9.90 Å². The second-order valence-electron chi connectivity index (χ2n) is 4.86. The molecule has 1 atom stereocenters. The number of aliphatic hydroxyl groups excluding tert-OH is 1. The number of nitrogen functional groups attached to an aromatic ring is 1. The van der Waals surface area contributed by atoms with Gasteiger partial charge in [-0.1, -0.05) is 18.3 Å². The van der Waals surface area contributed by atoms with Gasteiger partial charge >= 0.3 is 0 Å². The smallest absolute Gasteiger partial charge is 0.265 e. The van der Waals surface area contributed by atoms with Crippen molar-refractivity contribution in [1.29, 1.82) is 0 Å². The lowest BCUT2D eigenvalue weighted by atomic mass is 10.1. The number of aromatic nitrogens is 1. The van der Waals surface area contributed by atoms with E-state index in [1.165, 1.54) is 11.3 Å². The van der Waals surface area contributed by atoms with Crippen LogP contribution >= 0.6 is 11.3 Å². The van der Waals surface area contributed by atoms with Crippen LogP contribution in [0.3, 0.4) is 0 Å². The normalized spacial score (nSPS) is 12.5. The Morgan fingerprint density at radius 3 is 2.74 bits per heavy atom. The summed E-state index contributed by atoms with van der Waals surface area (Å²) in [6.07, 6.45) is 0.665. The minimum absolute atomic E-state index is 0.127. The highest BCUT2D eigenvalue weighted by Crippen LogP contribution is 2.25. The van der Waals surface area contributed by atoms with E-state index in [1.54, 1.807) is 0 Å². The second-order valence-corrected chi connectivity index (χ2v) is 5.86. The Labute approximate surface area is 117 Å². The molecule has 0 fully saturated rings. The quantitative estimate of drug-likeness (QED) is 0.605. The number of hydrogen-bond donors (Lipinski definition) is 4. The lowest BCUT2D eigenvalue weighted by Crippen LogP contribution is -2.28. The fourth-order valence-electron chi connectivity index (χ4n) is 1.47. The molecule has 1 aromatic rings. The number of rotatable bonds is 7. The summed E-state index contributed by atoms with van der Waals surface area (Å²) >= 11 is 1.25. The van der Waals surface area contributed by atoms with E-state index in [2.05, 4.69) is 15.6 Å². The number of nitrogens with zero attached hydrogens (tertiary/aromatic N) is 1. The molecule has 0 spiro atoms. The summed E-state index contributed by atoms with van der Waals surface area (Å²) < 4.78 is 0. The number of nitrogens with one attached hydrogen (secondary N) is 2. The average molecular weight is 286 g/mol. The van der Waals surface area contributed by atoms with Gasteiger partial charge in [-0.05, 0) is 26.2 Å². The summed E-state index contributed by atoms with van der Waals surface area (Å²) in [5.74, 6) is 0.272. The number of amides is 1. The molecule has 19 heavy (non-hydrogen) atoms. The van der Waals surface area contributed by atoms with Gasteiger partial charge in [-0.25, -0.2) is 4.98 Å². The fourth-order valence-corrected chi connectivity index (χ4v) is 2.42. The van der Waals surface area contributed by atoms with Crippen LogP contribution in [0.4, 0.5) is 10.9 Å². The predicted molar refractivity (Wildman–Crippen MR) is 78.5 cm³/mol. The molecule has 1 heterocycles. The summed E-state index contributed by atoms with van der Waals surface area (Å²) in [7, 11) is 0. The highest BCUT2D eigenvalue weighted by Gasteiger charge is 2.16. The first-order chi connectivity index (χ1) is 8.93. The molecule has 0 aliphatic heterocycles. The Balaban J connectivity index is 2.59. The van der Waals surface area contributed by atoms with E-state index in [-0.39, 0.29) is 30.3 Å². The largest absolute Gasteiger partial charge is 0.396 e. The summed E-state index contributed by atoms with van der Waals surface area (Å²) in [5.41, 5.74) is 5.74. The van der Waals surface area contributed by atoms with Gasteiger partial charge in [0.05, 0.1) is 0 Å². The molecule has 1 amide bonds. The summed E-state index contributed by atoms with van der Waals surface area (Å²) in [6.45, 7) is 6.60. The minimum atomic E-state index is -0.211. The average Bonchev–Trinajstić information content (AvgIpc) is 2.66. The van der Waals surface area contributed by atoms with E-state index in [9.17, 15) is 4.79 Å². The van der Waals surface area contributed by atoms with Gasteiger partial charge in [-0.3, -0.25) is 4.79 Å². The number of carbonyl (C=O) groups is 1. The van der Waals surface area contributed by atoms with Gasteiger partial charge in [0, 0.05) is 19.2 Å². The first-order valence-electron chi connectivity index (χ1n) is 6.36. The van der Waals surface area contributed by atoms with Crippen LogP contribution in [0.25, 0.3) is 0 Å². The Morgan fingerprint density at radius 2 is 2.16 bits per heavy atom. The first kappa shape index (κ1) is 15.7. The van der Waals surface area contributed by atoms with Crippen LogP contribution in [-0.2, 0) is 0 Å². The minimum Gasteiger partial charge on any atom is -0.396 e. The molecule has 6 nitrogen and oxygen atoms in total. The van der Waals surface area contributed by atoms with Crippen LogP contribution in [0.1, 0.15) is 36.9 Å². The Kier molecular flexibility index (Phi) is 6.04. The third kappa shape index (κ3) is 5.04. The molecule has 1 aromatic heterocycles. The zero-order valence-electron chi connectivity index (χ0n) is 11.6. The maximum Gasteiger partial charge on any atom is 0.265 e. The van der Waals surface area contributed by atoms with Crippen LogP contribution < -0.4 is 16.4 Å². The molecule has 0 aliphatic rings. The van der Waals surface area contributed by atoms with E-state index in [0.29, 0.717) is 23.0 Å². The molecule has 1 unspecified atom stereocenters. The molecular formula is C12H22N4O2S. The maximum atomic E-state index is 12.0. The van der Waals surface area contributed by atoms with Crippen LogP contribution in [0, 0.1) is 5.92 Å². The maximum absolute atomic E-state index is 12.0. The summed E-state index contributed by atoms with van der Waals surface area (Å²) in [5, 5.41) is 15.4. The SMILES string of the molecule is CC(CCO)CNC(=O)c1sc(NC(C)C)nc1N. The zero-order valence-corrected chi connectivity index (χ0v) is 12.4. The second kappa shape index (κ2) is 7.30. The van der Waals surface area contributed by atoms with Crippen LogP contribution in [0.5, 0.6) is 0 Å². The van der Waals surface area contributed by atoms with Crippen molar-refractivity contribution in [3.05, 3.63) is 4.88 Å². The number of anilines is 2. The summed E-state index contributed by atoms with van der Waals surface area (Å²) in [6, 6.07) is 0.242. The monoisotopic (exact) mass is 286 g/mol. The van der Waals surface area contributed by atoms with Gasteiger partial charge in [0.1, 0.15) is 10.7 Å². The highest BCUT2D eigenvalue weighted by molar-refractivity contribution is 7.18. The molecule has 0 saturated heterocycles. The Bertz CT molecular complexity index is 420. The van der Waals surface area contributed by atoms with Gasteiger partial charge in [-0.2, -0.15) is 0 Å². The highest BCUT2D eigenvalue weighted by atomic mass is 32.1. The van der Waals surface area contributed by atoms with E-state index < -0.39 is 0 Å². The lowest BCUT2D eigenvalue weighted by Gasteiger charge is -2.10. The van der Waals surface area contributed by atoms with Crippen molar-refractivity contribution in [1.82, 2.24) is 10.3 Å². The molecule has 5 N–H and O–H groups in total. The van der Waals surface area contributed by atoms with Gasteiger partial charge in [-0.15, -0.1) is 0 Å². The van der Waals surface area contributed by atoms with Crippen molar-refractivity contribution in [2.24, 2.45) is 5.92 Å². The van der Waals surface area contributed by atoms with Gasteiger partial charge < -0.3 is 21.5 Å². The zero-order chi connectivity index (χ0) is 14.4. The molecule has 108 valence electrons. The number of thiazole rings is 1. The number of hydrogen-bond acceptors (Lipinski definition) is 6. The van der Waals surface area contributed by atoms with E-state index in [1.807, 2.05) is 20.8 Å². The molecule has 0 bridgehead atoms. The molecular weight excluding hydrogens is 264 g/mol. The van der Waals surface area contributed by atoms with Crippen molar-refractivity contribution >= 4 is 28.2 Å². The molecule has 7 heteroatoms. The van der Waals surface area contributed by atoms with Gasteiger partial charge in [0.2, 0.25) is 0 Å². The van der Waals surface area contributed by atoms with Gasteiger partial charge in [0.25, 0.3) is 5.91 Å². The van der Waals surface area contributed by atoms with Crippen molar-refractivity contribution in [2.45, 2.75) is 33.2 Å². The molecule has 0 aromatic carbocycles. The van der Waals surface area contributed by atoms with Crippen LogP contribution in [0.15, 0.2) is 0 Å². The standard InChI is InChI=1S/C12H22N4O2S/c1-7(2)15-12-16-10(13)9(19-12)11(18)14-6-8(3)4-5-17/h7-8,17H,4-6,13H2,1-3H3,(H,14,18)(H,15,16). The molecule has 0 saturated carbocycles. The predicted octanol–water partition coefficient (Wildman–Crippen LogP) is 1.29. The summed E-state index contributed by atoms with van der Waals surface area (Å²) in [4.78, 5) is 16.5. The third-order valence-corrected chi connectivity index (χ3v) is 3.51. The lowest BCUT2D eigenvalue weighted by molar-refractivity contribution is 0.0950. The van der Waals surface area contributed by atoms with Crippen molar-refractivity contribution in [3.63, 3.8) is 0 Å². The number of nitrogens with two attached hydrogens (primary N) is 1. The molecule has 0 radical (unpaired) electrons. The first-order valence-corrected chi connectivity index (χ1v) is 7.17. The van der Waals surface area contributed by atoms with Crippen LogP contribution in [0.2, 0.25) is 0 Å². The molecule has 0 aliphatic carbocycles.